The molecule has 1 aliphatic heterocycles. The first-order valence-corrected chi connectivity index (χ1v) is 7.98. The van der Waals surface area contributed by atoms with Gasteiger partial charge in [-0.1, -0.05) is 13.3 Å². The minimum atomic E-state index is -0.152. The molecule has 18 heavy (non-hydrogen) atoms. The van der Waals surface area contributed by atoms with Crippen molar-refractivity contribution in [1.82, 2.24) is 0 Å². The molecule has 1 spiro atoms. The normalized spacial score (nSPS) is 45.8. The fourth-order valence-corrected chi connectivity index (χ4v) is 5.77. The number of rotatable bonds is 3. The highest BCUT2D eigenvalue weighted by Gasteiger charge is 2.69. The molecule has 5 fully saturated rings. The van der Waals surface area contributed by atoms with Crippen molar-refractivity contribution in [3.05, 3.63) is 0 Å². The molecule has 0 radical (unpaired) electrons. The van der Waals surface area contributed by atoms with Gasteiger partial charge in [-0.25, -0.2) is 0 Å². The summed E-state index contributed by atoms with van der Waals surface area (Å²) < 4.78 is 11.7. The average Bonchev–Trinajstić information content (AvgIpc) is 2.72. The molecule has 2 heteroatoms. The number of hydrogen-bond acceptors (Lipinski definition) is 2. The Bertz CT molecular complexity index is 313. The fourth-order valence-electron chi connectivity index (χ4n) is 5.77. The summed E-state index contributed by atoms with van der Waals surface area (Å²) in [5.41, 5.74) is 1.58. The maximum Gasteiger partial charge on any atom is 0.168 e. The predicted octanol–water partition coefficient (Wildman–Crippen LogP) is 3.89. The van der Waals surface area contributed by atoms with Gasteiger partial charge in [0.2, 0.25) is 0 Å². The van der Waals surface area contributed by atoms with Gasteiger partial charge in [0.15, 0.2) is 5.79 Å². The second-order valence-corrected chi connectivity index (χ2v) is 7.52. The topological polar surface area (TPSA) is 18.5 Å². The molecule has 0 atom stereocenters. The lowest BCUT2D eigenvalue weighted by molar-refractivity contribution is -0.262. The number of hydrogen-bond donors (Lipinski definition) is 0. The summed E-state index contributed by atoms with van der Waals surface area (Å²) in [5.74, 6) is 0.830. The maximum absolute atomic E-state index is 5.84. The van der Waals surface area contributed by atoms with Crippen molar-refractivity contribution in [2.24, 2.45) is 16.7 Å². The van der Waals surface area contributed by atoms with Gasteiger partial charge < -0.3 is 9.47 Å². The van der Waals surface area contributed by atoms with Gasteiger partial charge in [-0.05, 0) is 55.3 Å². The minimum absolute atomic E-state index is 0.152. The Kier molecular flexibility index (Phi) is 2.43. The lowest BCUT2D eigenvalue weighted by atomic mass is 9.30. The summed E-state index contributed by atoms with van der Waals surface area (Å²) in [5, 5.41) is 0. The zero-order valence-electron chi connectivity index (χ0n) is 11.7. The molecule has 0 N–H and O–H groups in total. The molecule has 1 saturated heterocycles. The Morgan fingerprint density at radius 2 is 1.61 bits per heavy atom. The molecule has 5 aliphatic rings. The van der Waals surface area contributed by atoms with Crippen LogP contribution in [0.2, 0.25) is 0 Å². The first-order chi connectivity index (χ1) is 8.70. The van der Waals surface area contributed by atoms with Crippen molar-refractivity contribution < 1.29 is 9.47 Å². The molecule has 5 rings (SSSR count). The van der Waals surface area contributed by atoms with Crippen LogP contribution in [0.4, 0.5) is 0 Å². The Balaban J connectivity index is 1.34. The van der Waals surface area contributed by atoms with Crippen LogP contribution in [0, 0.1) is 16.7 Å². The molecule has 4 aliphatic carbocycles. The van der Waals surface area contributed by atoms with Crippen LogP contribution in [0.5, 0.6) is 0 Å². The molecule has 2 bridgehead atoms. The van der Waals surface area contributed by atoms with E-state index in [4.69, 9.17) is 9.47 Å². The van der Waals surface area contributed by atoms with E-state index in [0.717, 1.165) is 42.8 Å². The lowest BCUT2D eigenvalue weighted by Gasteiger charge is -2.75. The van der Waals surface area contributed by atoms with Crippen LogP contribution in [0.3, 0.4) is 0 Å². The minimum Gasteiger partial charge on any atom is -0.348 e. The van der Waals surface area contributed by atoms with Gasteiger partial charge in [0.25, 0.3) is 0 Å². The smallest absolute Gasteiger partial charge is 0.168 e. The first kappa shape index (κ1) is 11.7. The standard InChI is InChI=1S/C16H26O2/c1-2-5-14-10-15(11-14,12-14)13-3-6-16(7-4-13)17-8-9-18-16/h13H,2-12H2,1H3. The van der Waals surface area contributed by atoms with Gasteiger partial charge in [-0.2, -0.15) is 0 Å². The van der Waals surface area contributed by atoms with Crippen LogP contribution in [0.1, 0.15) is 64.7 Å². The highest BCUT2D eigenvalue weighted by Crippen LogP contribution is 2.79. The Labute approximate surface area is 110 Å². The van der Waals surface area contributed by atoms with E-state index in [1.165, 1.54) is 25.7 Å². The highest BCUT2D eigenvalue weighted by molar-refractivity contribution is 5.19. The molecule has 0 aromatic rings. The van der Waals surface area contributed by atoms with E-state index >= 15 is 0 Å². The maximum atomic E-state index is 5.84. The van der Waals surface area contributed by atoms with E-state index in [9.17, 15) is 0 Å². The van der Waals surface area contributed by atoms with Crippen molar-refractivity contribution in [2.45, 2.75) is 70.5 Å². The van der Waals surface area contributed by atoms with Crippen molar-refractivity contribution in [2.75, 3.05) is 13.2 Å². The molecular formula is C16H26O2. The summed E-state index contributed by atoms with van der Waals surface area (Å²) in [6.45, 7) is 3.97. The highest BCUT2D eigenvalue weighted by atomic mass is 16.7. The predicted molar refractivity (Wildman–Crippen MR) is 70.2 cm³/mol. The van der Waals surface area contributed by atoms with Crippen molar-refractivity contribution >= 4 is 0 Å². The summed E-state index contributed by atoms with van der Waals surface area (Å²) in [4.78, 5) is 0. The third kappa shape index (κ3) is 1.48. The summed E-state index contributed by atoms with van der Waals surface area (Å²) in [6, 6.07) is 0. The van der Waals surface area contributed by atoms with Crippen LogP contribution in [-0.2, 0) is 9.47 Å². The molecule has 0 aromatic carbocycles. The summed E-state index contributed by atoms with van der Waals surface area (Å²) in [6.07, 6.45) is 12.5. The monoisotopic (exact) mass is 250 g/mol. The largest absolute Gasteiger partial charge is 0.348 e. The van der Waals surface area contributed by atoms with E-state index in [1.54, 1.807) is 19.3 Å². The van der Waals surface area contributed by atoms with Gasteiger partial charge in [-0.15, -0.1) is 0 Å². The second-order valence-electron chi connectivity index (χ2n) is 7.52. The molecule has 4 saturated carbocycles. The summed E-state index contributed by atoms with van der Waals surface area (Å²) >= 11 is 0. The van der Waals surface area contributed by atoms with Crippen LogP contribution < -0.4 is 0 Å². The quantitative estimate of drug-likeness (QED) is 0.756. The van der Waals surface area contributed by atoms with E-state index < -0.39 is 0 Å². The van der Waals surface area contributed by atoms with Gasteiger partial charge in [-0.3, -0.25) is 0 Å². The van der Waals surface area contributed by atoms with Gasteiger partial charge in [0.1, 0.15) is 0 Å². The molecular weight excluding hydrogens is 224 g/mol. The Morgan fingerprint density at radius 3 is 2.17 bits per heavy atom. The van der Waals surface area contributed by atoms with E-state index in [-0.39, 0.29) is 5.79 Å². The molecule has 102 valence electrons. The first-order valence-electron chi connectivity index (χ1n) is 7.98. The van der Waals surface area contributed by atoms with Crippen LogP contribution in [0.25, 0.3) is 0 Å². The van der Waals surface area contributed by atoms with Gasteiger partial charge in [0, 0.05) is 12.8 Å². The Morgan fingerprint density at radius 1 is 1.00 bits per heavy atom. The third-order valence-corrected chi connectivity index (χ3v) is 6.39. The van der Waals surface area contributed by atoms with Crippen LogP contribution in [-0.4, -0.2) is 19.0 Å². The summed E-state index contributed by atoms with van der Waals surface area (Å²) in [7, 11) is 0. The van der Waals surface area contributed by atoms with Gasteiger partial charge in [0.05, 0.1) is 13.2 Å². The average molecular weight is 250 g/mol. The Hall–Kier alpha value is -0.0800. The fraction of sp³-hybridized carbons (Fsp3) is 1.00. The number of ether oxygens (including phenoxy) is 2. The zero-order chi connectivity index (χ0) is 12.3. The van der Waals surface area contributed by atoms with Crippen LogP contribution in [0.15, 0.2) is 0 Å². The van der Waals surface area contributed by atoms with Gasteiger partial charge >= 0.3 is 0 Å². The van der Waals surface area contributed by atoms with Crippen molar-refractivity contribution in [3.8, 4) is 0 Å². The SMILES string of the molecule is CCCC12CC(C3CCC4(CC3)OCCO4)(C1)C2. The second kappa shape index (κ2) is 3.73. The van der Waals surface area contributed by atoms with Crippen LogP contribution >= 0.6 is 0 Å². The van der Waals surface area contributed by atoms with E-state index in [2.05, 4.69) is 6.92 Å². The van der Waals surface area contributed by atoms with E-state index in [0.29, 0.717) is 0 Å². The van der Waals surface area contributed by atoms with Crippen molar-refractivity contribution in [3.63, 3.8) is 0 Å². The zero-order valence-corrected chi connectivity index (χ0v) is 11.7. The molecule has 0 unspecified atom stereocenters. The molecule has 1 heterocycles. The molecule has 2 nitrogen and oxygen atoms in total. The van der Waals surface area contributed by atoms with E-state index in [1.807, 2.05) is 0 Å². The van der Waals surface area contributed by atoms with Crippen molar-refractivity contribution in [1.29, 1.82) is 0 Å². The third-order valence-electron chi connectivity index (χ3n) is 6.39. The molecule has 0 amide bonds. The lowest BCUT2D eigenvalue weighted by Crippen LogP contribution is -2.65. The molecule has 0 aromatic heterocycles.